The molecule has 0 unspecified atom stereocenters. The number of halogens is 1. The summed E-state index contributed by atoms with van der Waals surface area (Å²) < 4.78 is 18.4. The minimum absolute atomic E-state index is 0.196. The first-order chi connectivity index (χ1) is 14.1. The van der Waals surface area contributed by atoms with Gasteiger partial charge in [0, 0.05) is 56.3 Å². The van der Waals surface area contributed by atoms with Gasteiger partial charge in [-0.05, 0) is 49.0 Å². The molecular weight excluding hydrogens is 369 g/mol. The molecule has 7 heteroatoms. The Kier molecular flexibility index (Phi) is 7.55. The van der Waals surface area contributed by atoms with E-state index in [4.69, 9.17) is 16.2 Å². The molecule has 0 radical (unpaired) electrons. The van der Waals surface area contributed by atoms with Crippen LogP contribution in [0.2, 0.25) is 0 Å². The van der Waals surface area contributed by atoms with E-state index < -0.39 is 0 Å². The van der Waals surface area contributed by atoms with Gasteiger partial charge in [-0.25, -0.2) is 4.39 Å². The molecule has 0 atom stereocenters. The molecule has 2 aromatic rings. The summed E-state index contributed by atoms with van der Waals surface area (Å²) in [6, 6.07) is 13.1. The van der Waals surface area contributed by atoms with Gasteiger partial charge in [0.1, 0.15) is 5.82 Å². The van der Waals surface area contributed by atoms with E-state index in [0.29, 0.717) is 13.2 Å². The summed E-state index contributed by atoms with van der Waals surface area (Å²) in [4.78, 5) is 6.99. The Balaban J connectivity index is 0.000000166. The van der Waals surface area contributed by atoms with E-state index in [9.17, 15) is 4.39 Å². The highest BCUT2D eigenvalue weighted by atomic mass is 19.1. The fraction of sp³-hybridized carbons (Fsp3) is 0.455. The van der Waals surface area contributed by atoms with Crippen LogP contribution in [0.3, 0.4) is 0 Å². The zero-order chi connectivity index (χ0) is 20.6. The SMILES string of the molecule is CCN1CCN(c2ccc(N)cc2)CC1.Nc1ccc(N2CCOCC2)cc1F. The summed E-state index contributed by atoms with van der Waals surface area (Å²) >= 11 is 0. The number of rotatable bonds is 3. The number of nitrogens with two attached hydrogens (primary N) is 2. The van der Waals surface area contributed by atoms with Gasteiger partial charge >= 0.3 is 0 Å². The number of nitrogens with zero attached hydrogens (tertiary/aromatic N) is 3. The number of piperazine rings is 1. The molecule has 4 N–H and O–H groups in total. The number of ether oxygens (including phenoxy) is 1. The highest BCUT2D eigenvalue weighted by Gasteiger charge is 2.15. The standard InChI is InChI=1S/C12H19N3.C10H13FN2O/c1-2-14-7-9-15(10-8-14)12-5-3-11(13)4-6-12;11-9-7-8(1-2-10(9)12)13-3-5-14-6-4-13/h3-6H,2,7-10,13H2,1H3;1-2,7H,3-6,12H2. The number of anilines is 4. The predicted octanol–water partition coefficient (Wildman–Crippen LogP) is 2.66. The number of nitrogen functional groups attached to an aromatic ring is 2. The smallest absolute Gasteiger partial charge is 0.148 e. The Morgan fingerprint density at radius 3 is 2.00 bits per heavy atom. The largest absolute Gasteiger partial charge is 0.399 e. The molecule has 4 rings (SSSR count). The Hall–Kier alpha value is -2.51. The van der Waals surface area contributed by atoms with Crippen molar-refractivity contribution in [3.8, 4) is 0 Å². The second kappa shape index (κ2) is 10.3. The van der Waals surface area contributed by atoms with Crippen molar-refractivity contribution in [3.63, 3.8) is 0 Å². The van der Waals surface area contributed by atoms with Gasteiger partial charge in [-0.2, -0.15) is 0 Å². The van der Waals surface area contributed by atoms with Crippen molar-refractivity contribution in [2.24, 2.45) is 0 Å². The van der Waals surface area contributed by atoms with Crippen molar-refractivity contribution in [3.05, 3.63) is 48.3 Å². The lowest BCUT2D eigenvalue weighted by atomic mass is 10.2. The van der Waals surface area contributed by atoms with Gasteiger partial charge in [-0.1, -0.05) is 6.92 Å². The van der Waals surface area contributed by atoms with E-state index in [1.807, 2.05) is 18.2 Å². The van der Waals surface area contributed by atoms with Crippen molar-refractivity contribution < 1.29 is 9.13 Å². The van der Waals surface area contributed by atoms with E-state index in [-0.39, 0.29) is 11.5 Å². The lowest BCUT2D eigenvalue weighted by Crippen LogP contribution is -2.46. The number of benzene rings is 2. The van der Waals surface area contributed by atoms with Gasteiger partial charge in [0.2, 0.25) is 0 Å². The number of morpholine rings is 1. The quantitative estimate of drug-likeness (QED) is 0.771. The van der Waals surface area contributed by atoms with Crippen molar-refractivity contribution in [1.29, 1.82) is 0 Å². The lowest BCUT2D eigenvalue weighted by molar-refractivity contribution is 0.122. The Morgan fingerprint density at radius 2 is 1.41 bits per heavy atom. The molecule has 0 spiro atoms. The van der Waals surface area contributed by atoms with Crippen LogP contribution in [-0.2, 0) is 4.74 Å². The highest BCUT2D eigenvalue weighted by Crippen LogP contribution is 2.20. The first-order valence-corrected chi connectivity index (χ1v) is 10.3. The van der Waals surface area contributed by atoms with E-state index >= 15 is 0 Å². The number of hydrogen-bond acceptors (Lipinski definition) is 6. The van der Waals surface area contributed by atoms with E-state index in [1.54, 1.807) is 6.07 Å². The fourth-order valence-corrected chi connectivity index (χ4v) is 3.54. The molecule has 2 aliphatic rings. The summed E-state index contributed by atoms with van der Waals surface area (Å²) in [7, 11) is 0. The van der Waals surface area contributed by atoms with Gasteiger partial charge in [0.15, 0.2) is 0 Å². The maximum atomic E-state index is 13.2. The van der Waals surface area contributed by atoms with Crippen LogP contribution >= 0.6 is 0 Å². The van der Waals surface area contributed by atoms with Crippen molar-refractivity contribution in [1.82, 2.24) is 4.90 Å². The Labute approximate surface area is 172 Å². The fourth-order valence-electron chi connectivity index (χ4n) is 3.54. The number of hydrogen-bond donors (Lipinski definition) is 2. The summed E-state index contributed by atoms with van der Waals surface area (Å²) in [5, 5.41) is 0. The van der Waals surface area contributed by atoms with Gasteiger partial charge in [-0.3, -0.25) is 0 Å². The average Bonchev–Trinajstić information content (AvgIpc) is 2.77. The van der Waals surface area contributed by atoms with Crippen LogP contribution in [0, 0.1) is 5.82 Å². The van der Waals surface area contributed by atoms with E-state index in [2.05, 4.69) is 33.8 Å². The van der Waals surface area contributed by atoms with Crippen LogP contribution < -0.4 is 21.3 Å². The van der Waals surface area contributed by atoms with E-state index in [1.165, 1.54) is 24.8 Å². The van der Waals surface area contributed by atoms with Crippen LogP contribution in [0.4, 0.5) is 27.1 Å². The predicted molar refractivity (Wildman–Crippen MR) is 119 cm³/mol. The van der Waals surface area contributed by atoms with Gasteiger partial charge in [-0.15, -0.1) is 0 Å². The summed E-state index contributed by atoms with van der Waals surface area (Å²) in [5.74, 6) is -0.353. The van der Waals surface area contributed by atoms with E-state index in [0.717, 1.165) is 44.1 Å². The molecule has 0 bridgehead atoms. The average molecular weight is 402 g/mol. The second-order valence-corrected chi connectivity index (χ2v) is 7.32. The maximum Gasteiger partial charge on any atom is 0.148 e. The zero-order valence-corrected chi connectivity index (χ0v) is 17.2. The Morgan fingerprint density at radius 1 is 0.828 bits per heavy atom. The van der Waals surface area contributed by atoms with Crippen molar-refractivity contribution in [2.75, 3.05) is 80.3 Å². The highest BCUT2D eigenvalue weighted by molar-refractivity contribution is 5.54. The van der Waals surface area contributed by atoms with Gasteiger partial charge in [0.05, 0.1) is 18.9 Å². The monoisotopic (exact) mass is 401 g/mol. The molecule has 29 heavy (non-hydrogen) atoms. The third-order valence-corrected chi connectivity index (χ3v) is 5.44. The second-order valence-electron chi connectivity index (χ2n) is 7.32. The lowest BCUT2D eigenvalue weighted by Gasteiger charge is -2.35. The molecule has 0 amide bonds. The molecule has 2 aromatic carbocycles. The van der Waals surface area contributed by atoms with Crippen molar-refractivity contribution in [2.45, 2.75) is 6.92 Å². The van der Waals surface area contributed by atoms with Crippen LogP contribution in [0.1, 0.15) is 6.92 Å². The minimum atomic E-state index is -0.353. The molecule has 0 aromatic heterocycles. The molecule has 2 heterocycles. The maximum absolute atomic E-state index is 13.2. The zero-order valence-electron chi connectivity index (χ0n) is 17.2. The minimum Gasteiger partial charge on any atom is -0.399 e. The summed E-state index contributed by atoms with van der Waals surface area (Å²) in [5.41, 5.74) is 14.3. The van der Waals surface area contributed by atoms with Crippen LogP contribution in [0.5, 0.6) is 0 Å². The normalized spacial score (nSPS) is 17.6. The molecule has 0 saturated carbocycles. The molecule has 6 nitrogen and oxygen atoms in total. The summed E-state index contributed by atoms with van der Waals surface area (Å²) in [6.45, 7) is 11.0. The molecule has 158 valence electrons. The molecule has 2 fully saturated rings. The number of likely N-dealkylation sites (N-methyl/N-ethyl adjacent to an activating group) is 1. The van der Waals surface area contributed by atoms with Gasteiger partial charge in [0.25, 0.3) is 0 Å². The summed E-state index contributed by atoms with van der Waals surface area (Å²) in [6.07, 6.45) is 0. The Bertz CT molecular complexity index is 756. The molecule has 2 aliphatic heterocycles. The van der Waals surface area contributed by atoms with Crippen molar-refractivity contribution >= 4 is 22.7 Å². The topological polar surface area (TPSA) is 71.0 Å². The van der Waals surface area contributed by atoms with Gasteiger partial charge < -0.3 is 30.9 Å². The molecule has 0 aliphatic carbocycles. The molecular formula is C22H32FN5O. The molecule has 2 saturated heterocycles. The third-order valence-electron chi connectivity index (χ3n) is 5.44. The third kappa shape index (κ3) is 5.98. The first-order valence-electron chi connectivity index (χ1n) is 10.3. The first kappa shape index (κ1) is 21.2. The van der Waals surface area contributed by atoms with Crippen LogP contribution in [-0.4, -0.2) is 63.9 Å². The van der Waals surface area contributed by atoms with Crippen LogP contribution in [0.25, 0.3) is 0 Å². The van der Waals surface area contributed by atoms with Crippen LogP contribution in [0.15, 0.2) is 42.5 Å².